The molecule has 170 valence electrons. The van der Waals surface area contributed by atoms with E-state index in [1.54, 1.807) is 30.5 Å². The van der Waals surface area contributed by atoms with Gasteiger partial charge in [0.15, 0.2) is 0 Å². The average molecular weight is 465 g/mol. The molecule has 0 saturated carbocycles. The third-order valence-corrected chi connectivity index (χ3v) is 7.26. The lowest BCUT2D eigenvalue weighted by atomic mass is 10.2. The van der Waals surface area contributed by atoms with Crippen LogP contribution in [0.5, 0.6) is 5.75 Å². The molecule has 9 nitrogen and oxygen atoms in total. The van der Waals surface area contributed by atoms with Gasteiger partial charge in [0.2, 0.25) is 0 Å². The molecule has 1 fully saturated rings. The fourth-order valence-corrected chi connectivity index (χ4v) is 5.34. The summed E-state index contributed by atoms with van der Waals surface area (Å²) in [5.41, 5.74) is 2.46. The Morgan fingerprint density at radius 1 is 1.03 bits per heavy atom. The second-order valence-corrected chi connectivity index (χ2v) is 9.42. The van der Waals surface area contributed by atoms with E-state index in [9.17, 15) is 8.42 Å². The molecule has 2 N–H and O–H groups in total. The largest absolute Gasteiger partial charge is 0.495 e. The molecule has 0 unspecified atom stereocenters. The first-order valence-electron chi connectivity index (χ1n) is 10.6. The number of ether oxygens (including phenoxy) is 1. The molecule has 1 aliphatic heterocycles. The van der Waals surface area contributed by atoms with Gasteiger partial charge in [-0.1, -0.05) is 12.1 Å². The van der Waals surface area contributed by atoms with Crippen LogP contribution in [0.3, 0.4) is 0 Å². The molecule has 1 aliphatic rings. The summed E-state index contributed by atoms with van der Waals surface area (Å²) >= 11 is 0. The van der Waals surface area contributed by atoms with Gasteiger partial charge in [0.1, 0.15) is 16.5 Å². The Balaban J connectivity index is 1.44. The number of para-hydroxylation sites is 1. The summed E-state index contributed by atoms with van der Waals surface area (Å²) in [4.78, 5) is 6.80. The standard InChI is InChI=1S/C23H24N6O3S/c1-32-21-4-2-3-5-22(21)33(30,31)29-20-14-23(25-15-17(20)16-26-29)27-18-6-8-19(9-7-18)28-12-10-24-11-13-28/h2-9,14-16,24H,10-13H2,1H3,(H,25,27). The predicted molar refractivity (Wildman–Crippen MR) is 128 cm³/mol. The van der Waals surface area contributed by atoms with Gasteiger partial charge in [0, 0.05) is 55.2 Å². The van der Waals surface area contributed by atoms with Crippen molar-refractivity contribution >= 4 is 38.1 Å². The third-order valence-electron chi connectivity index (χ3n) is 5.62. The van der Waals surface area contributed by atoms with E-state index in [0.717, 1.165) is 36.0 Å². The van der Waals surface area contributed by atoms with Gasteiger partial charge in [-0.25, -0.2) is 4.98 Å². The van der Waals surface area contributed by atoms with Crippen molar-refractivity contribution < 1.29 is 13.2 Å². The maximum atomic E-state index is 13.3. The van der Waals surface area contributed by atoms with E-state index in [1.807, 2.05) is 12.1 Å². The van der Waals surface area contributed by atoms with Gasteiger partial charge in [0.05, 0.1) is 18.8 Å². The topological polar surface area (TPSA) is 101 Å². The summed E-state index contributed by atoms with van der Waals surface area (Å²) in [6, 6.07) is 16.3. The van der Waals surface area contributed by atoms with E-state index in [0.29, 0.717) is 16.7 Å². The van der Waals surface area contributed by atoms with Crippen LogP contribution in [0, 0.1) is 0 Å². The maximum absolute atomic E-state index is 13.3. The van der Waals surface area contributed by atoms with Crippen LogP contribution in [-0.2, 0) is 10.0 Å². The van der Waals surface area contributed by atoms with E-state index >= 15 is 0 Å². The molecule has 0 radical (unpaired) electrons. The number of anilines is 3. The van der Waals surface area contributed by atoms with Gasteiger partial charge in [-0.2, -0.15) is 17.6 Å². The molecule has 0 spiro atoms. The van der Waals surface area contributed by atoms with Crippen molar-refractivity contribution in [2.24, 2.45) is 0 Å². The summed E-state index contributed by atoms with van der Waals surface area (Å²) in [5.74, 6) is 0.785. The van der Waals surface area contributed by atoms with E-state index < -0.39 is 10.0 Å². The number of rotatable bonds is 6. The van der Waals surface area contributed by atoms with E-state index in [4.69, 9.17) is 4.74 Å². The quantitative estimate of drug-likeness (QED) is 0.449. The number of benzene rings is 2. The summed E-state index contributed by atoms with van der Waals surface area (Å²) in [6.07, 6.45) is 3.09. The van der Waals surface area contributed by atoms with Crippen LogP contribution in [0.1, 0.15) is 0 Å². The zero-order valence-electron chi connectivity index (χ0n) is 18.1. The van der Waals surface area contributed by atoms with Crippen molar-refractivity contribution in [2.45, 2.75) is 4.90 Å². The fourth-order valence-electron chi connectivity index (χ4n) is 3.91. The van der Waals surface area contributed by atoms with Crippen molar-refractivity contribution in [3.8, 4) is 5.75 Å². The summed E-state index contributed by atoms with van der Waals surface area (Å²) < 4.78 is 32.9. The van der Waals surface area contributed by atoms with Crippen LogP contribution < -0.4 is 20.3 Å². The minimum Gasteiger partial charge on any atom is -0.495 e. The molecule has 10 heteroatoms. The second-order valence-electron chi connectivity index (χ2n) is 7.68. The fraction of sp³-hybridized carbons (Fsp3) is 0.217. The highest BCUT2D eigenvalue weighted by Gasteiger charge is 2.24. The molecule has 2 aromatic carbocycles. The number of hydrogen-bond donors (Lipinski definition) is 2. The molecule has 3 heterocycles. The Morgan fingerprint density at radius 2 is 1.79 bits per heavy atom. The molecular weight excluding hydrogens is 440 g/mol. The van der Waals surface area contributed by atoms with Crippen molar-refractivity contribution in [3.63, 3.8) is 0 Å². The van der Waals surface area contributed by atoms with Gasteiger partial charge in [0.25, 0.3) is 10.0 Å². The Kier molecular flexibility index (Phi) is 5.61. The Labute approximate surface area is 192 Å². The molecule has 33 heavy (non-hydrogen) atoms. The summed E-state index contributed by atoms with van der Waals surface area (Å²) in [6.45, 7) is 3.93. The molecule has 0 bridgehead atoms. The highest BCUT2D eigenvalue weighted by atomic mass is 32.2. The minimum absolute atomic E-state index is 0.0484. The van der Waals surface area contributed by atoms with Crippen LogP contribution in [0.2, 0.25) is 0 Å². The Bertz CT molecular complexity index is 1380. The van der Waals surface area contributed by atoms with Crippen molar-refractivity contribution in [1.82, 2.24) is 19.5 Å². The van der Waals surface area contributed by atoms with Crippen LogP contribution in [0.25, 0.3) is 10.9 Å². The molecule has 0 aliphatic carbocycles. The number of fused-ring (bicyclic) bond motifs is 1. The van der Waals surface area contributed by atoms with E-state index in [-0.39, 0.29) is 10.6 Å². The number of hydrogen-bond acceptors (Lipinski definition) is 8. The molecule has 5 rings (SSSR count). The highest BCUT2D eigenvalue weighted by molar-refractivity contribution is 7.90. The van der Waals surface area contributed by atoms with Crippen molar-refractivity contribution in [2.75, 3.05) is 43.5 Å². The number of nitrogens with one attached hydrogen (secondary N) is 2. The van der Waals surface area contributed by atoms with Gasteiger partial charge in [-0.15, -0.1) is 0 Å². The number of methoxy groups -OCH3 is 1. The molecular formula is C23H24N6O3S. The number of aromatic nitrogens is 3. The van der Waals surface area contributed by atoms with Gasteiger partial charge < -0.3 is 20.3 Å². The third kappa shape index (κ3) is 4.10. The lowest BCUT2D eigenvalue weighted by Gasteiger charge is -2.29. The molecule has 4 aromatic rings. The molecule has 0 atom stereocenters. The lowest BCUT2D eigenvalue weighted by molar-refractivity contribution is 0.402. The molecule has 2 aromatic heterocycles. The Hall–Kier alpha value is -3.63. The normalized spacial score (nSPS) is 14.4. The first-order valence-corrected chi connectivity index (χ1v) is 12.1. The first-order chi connectivity index (χ1) is 16.1. The van der Waals surface area contributed by atoms with Crippen molar-refractivity contribution in [1.29, 1.82) is 0 Å². The lowest BCUT2D eigenvalue weighted by Crippen LogP contribution is -2.43. The molecule has 1 saturated heterocycles. The highest BCUT2D eigenvalue weighted by Crippen LogP contribution is 2.28. The predicted octanol–water partition coefficient (Wildman–Crippen LogP) is 2.83. The number of pyridine rings is 1. The van der Waals surface area contributed by atoms with Crippen LogP contribution in [0.15, 0.2) is 71.9 Å². The van der Waals surface area contributed by atoms with E-state index in [2.05, 4.69) is 37.7 Å². The van der Waals surface area contributed by atoms with Crippen molar-refractivity contribution in [3.05, 3.63) is 67.0 Å². The minimum atomic E-state index is -3.96. The number of nitrogens with zero attached hydrogens (tertiary/aromatic N) is 4. The maximum Gasteiger partial charge on any atom is 0.287 e. The van der Waals surface area contributed by atoms with Gasteiger partial charge >= 0.3 is 0 Å². The average Bonchev–Trinajstić information content (AvgIpc) is 3.29. The van der Waals surface area contributed by atoms with E-state index in [1.165, 1.54) is 25.1 Å². The molecule has 0 amide bonds. The van der Waals surface area contributed by atoms with Gasteiger partial charge in [-0.3, -0.25) is 0 Å². The zero-order chi connectivity index (χ0) is 22.8. The van der Waals surface area contributed by atoms with Gasteiger partial charge in [-0.05, 0) is 36.4 Å². The zero-order valence-corrected chi connectivity index (χ0v) is 18.9. The van der Waals surface area contributed by atoms with Crippen LogP contribution in [-0.4, -0.2) is 55.9 Å². The summed E-state index contributed by atoms with van der Waals surface area (Å²) in [5, 5.41) is 11.4. The SMILES string of the molecule is COc1ccccc1S(=O)(=O)n1ncc2cnc(Nc3ccc(N4CCNCC4)cc3)cc21. The number of piperazine rings is 1. The Morgan fingerprint density at radius 3 is 2.55 bits per heavy atom. The smallest absolute Gasteiger partial charge is 0.287 e. The first kappa shape index (κ1) is 21.2. The van der Waals surface area contributed by atoms with Crippen LogP contribution >= 0.6 is 0 Å². The van der Waals surface area contributed by atoms with Crippen LogP contribution in [0.4, 0.5) is 17.2 Å². The summed E-state index contributed by atoms with van der Waals surface area (Å²) in [7, 11) is -2.52. The monoisotopic (exact) mass is 464 g/mol. The second kappa shape index (κ2) is 8.72.